The second-order valence-corrected chi connectivity index (χ2v) is 10.3. The Morgan fingerprint density at radius 1 is 1.13 bits per heavy atom. The summed E-state index contributed by atoms with van der Waals surface area (Å²) in [4.78, 5) is 14.6. The zero-order chi connectivity index (χ0) is 22.0. The molecule has 0 bridgehead atoms. The Hall–Kier alpha value is -2.56. The lowest BCUT2D eigenvalue weighted by Gasteiger charge is -2.34. The van der Waals surface area contributed by atoms with Crippen molar-refractivity contribution >= 4 is 27.3 Å². The number of piperazine rings is 1. The molecule has 0 atom stereocenters. The van der Waals surface area contributed by atoms with Crippen molar-refractivity contribution in [2.45, 2.75) is 31.6 Å². The molecule has 1 fully saturated rings. The van der Waals surface area contributed by atoms with Crippen molar-refractivity contribution in [2.75, 3.05) is 26.2 Å². The third-order valence-corrected chi connectivity index (χ3v) is 8.07. The Morgan fingerprint density at radius 2 is 1.90 bits per heavy atom. The maximum Gasteiger partial charge on any atom is 0.248 e. The number of benzene rings is 1. The van der Waals surface area contributed by atoms with Crippen LogP contribution >= 0.6 is 11.3 Å². The van der Waals surface area contributed by atoms with Crippen LogP contribution in [0.4, 0.5) is 0 Å². The lowest BCUT2D eigenvalue weighted by atomic mass is 10.2. The summed E-state index contributed by atoms with van der Waals surface area (Å²) in [5, 5.41) is 11.9. The van der Waals surface area contributed by atoms with Crippen LogP contribution in [0.3, 0.4) is 0 Å². The van der Waals surface area contributed by atoms with Crippen molar-refractivity contribution in [2.24, 2.45) is 0 Å². The Morgan fingerprint density at radius 3 is 2.58 bits per heavy atom. The molecule has 0 saturated carbocycles. The topological polar surface area (TPSA) is 96.6 Å². The number of rotatable bonds is 6. The quantitative estimate of drug-likeness (QED) is 0.561. The van der Waals surface area contributed by atoms with Gasteiger partial charge in [0.05, 0.1) is 4.90 Å². The summed E-state index contributed by atoms with van der Waals surface area (Å²) < 4.78 is 33.1. The fourth-order valence-corrected chi connectivity index (χ4v) is 5.89. The minimum absolute atomic E-state index is 0.0427. The number of thiophene rings is 1. The van der Waals surface area contributed by atoms with E-state index in [-0.39, 0.29) is 25.4 Å². The minimum atomic E-state index is -3.57. The van der Waals surface area contributed by atoms with E-state index in [0.717, 1.165) is 16.7 Å². The molecule has 31 heavy (non-hydrogen) atoms. The molecule has 0 unspecified atom stereocenters. The van der Waals surface area contributed by atoms with Gasteiger partial charge in [0.2, 0.25) is 27.7 Å². The van der Waals surface area contributed by atoms with Gasteiger partial charge in [0, 0.05) is 50.0 Å². The zero-order valence-corrected chi connectivity index (χ0v) is 19.1. The van der Waals surface area contributed by atoms with Gasteiger partial charge in [-0.3, -0.25) is 4.79 Å². The summed E-state index contributed by atoms with van der Waals surface area (Å²) in [6, 6.07) is 7.24. The summed E-state index contributed by atoms with van der Waals surface area (Å²) in [7, 11) is -3.57. The summed E-state index contributed by atoms with van der Waals surface area (Å²) >= 11 is 1.55. The first-order valence-electron chi connectivity index (χ1n) is 10.0. The molecular weight excluding hydrogens is 436 g/mol. The highest BCUT2D eigenvalue weighted by Crippen LogP contribution is 2.23. The molecule has 1 aromatic carbocycles. The molecule has 1 aliphatic rings. The molecule has 1 saturated heterocycles. The van der Waals surface area contributed by atoms with Gasteiger partial charge in [-0.15, -0.1) is 10.2 Å². The van der Waals surface area contributed by atoms with E-state index in [2.05, 4.69) is 10.2 Å². The molecule has 0 radical (unpaired) electrons. The number of nitrogens with zero attached hydrogens (tertiary/aromatic N) is 4. The summed E-state index contributed by atoms with van der Waals surface area (Å²) in [6.45, 7) is 5.04. The Kier molecular flexibility index (Phi) is 6.22. The van der Waals surface area contributed by atoms with Crippen LogP contribution in [0.1, 0.15) is 23.4 Å². The molecule has 0 spiro atoms. The van der Waals surface area contributed by atoms with E-state index in [0.29, 0.717) is 36.2 Å². The first-order chi connectivity index (χ1) is 14.8. The first-order valence-corrected chi connectivity index (χ1v) is 12.4. The fraction of sp³-hybridized carbons (Fsp3) is 0.381. The Labute approximate surface area is 185 Å². The van der Waals surface area contributed by atoms with Crippen LogP contribution in [0.2, 0.25) is 0 Å². The van der Waals surface area contributed by atoms with E-state index in [1.807, 2.05) is 29.8 Å². The molecule has 0 aliphatic carbocycles. The SMILES string of the molecule is Cc1ccc(S(=O)(=O)N2CCN(C(=O)CCc3nnc(-c4ccsc4)o3)CC2)c(C)c1. The number of carbonyl (C=O) groups excluding carboxylic acids is 1. The molecule has 3 heterocycles. The standard InChI is InChI=1S/C21H24N4O4S2/c1-15-3-4-18(16(2)13-15)31(27,28)25-10-8-24(9-11-25)20(26)6-5-19-22-23-21(29-19)17-7-12-30-14-17/h3-4,7,12-14H,5-6,8-11H2,1-2H3. The van der Waals surface area contributed by atoms with Crippen LogP contribution in [-0.4, -0.2) is 59.9 Å². The molecule has 10 heteroatoms. The average molecular weight is 461 g/mol. The maximum atomic E-state index is 13.0. The van der Waals surface area contributed by atoms with E-state index in [9.17, 15) is 13.2 Å². The molecule has 0 N–H and O–H groups in total. The van der Waals surface area contributed by atoms with Crippen LogP contribution in [0.15, 0.2) is 44.3 Å². The van der Waals surface area contributed by atoms with Crippen LogP contribution in [0.25, 0.3) is 11.5 Å². The summed E-state index contributed by atoms with van der Waals surface area (Å²) in [5.74, 6) is 0.832. The number of aryl methyl sites for hydroxylation is 3. The van der Waals surface area contributed by atoms with Crippen molar-refractivity contribution < 1.29 is 17.6 Å². The maximum absolute atomic E-state index is 13.0. The van der Waals surface area contributed by atoms with Gasteiger partial charge in [-0.2, -0.15) is 15.6 Å². The second-order valence-electron chi connectivity index (χ2n) is 7.57. The number of amides is 1. The van der Waals surface area contributed by atoms with E-state index >= 15 is 0 Å². The largest absolute Gasteiger partial charge is 0.421 e. The van der Waals surface area contributed by atoms with Gasteiger partial charge in [-0.1, -0.05) is 17.7 Å². The molecule has 2 aromatic heterocycles. The van der Waals surface area contributed by atoms with Gasteiger partial charge in [-0.25, -0.2) is 8.42 Å². The summed E-state index contributed by atoms with van der Waals surface area (Å²) in [6.07, 6.45) is 0.603. The van der Waals surface area contributed by atoms with Gasteiger partial charge in [0.1, 0.15) is 0 Å². The molecule has 4 rings (SSSR count). The van der Waals surface area contributed by atoms with Crippen LogP contribution in [0, 0.1) is 13.8 Å². The van der Waals surface area contributed by atoms with E-state index in [1.165, 1.54) is 4.31 Å². The smallest absolute Gasteiger partial charge is 0.248 e. The lowest BCUT2D eigenvalue weighted by molar-refractivity contribution is -0.132. The Bertz CT molecular complexity index is 1160. The van der Waals surface area contributed by atoms with E-state index < -0.39 is 10.0 Å². The number of carbonyl (C=O) groups is 1. The molecule has 164 valence electrons. The normalized spacial score (nSPS) is 15.4. The molecule has 3 aromatic rings. The van der Waals surface area contributed by atoms with Gasteiger partial charge in [0.15, 0.2) is 0 Å². The van der Waals surface area contributed by atoms with Crippen molar-refractivity contribution in [3.8, 4) is 11.5 Å². The number of aromatic nitrogens is 2. The first kappa shape index (κ1) is 21.7. The fourth-order valence-electron chi connectivity index (χ4n) is 3.64. The van der Waals surface area contributed by atoms with Gasteiger partial charge in [-0.05, 0) is 36.9 Å². The van der Waals surface area contributed by atoms with Crippen molar-refractivity contribution in [3.63, 3.8) is 0 Å². The van der Waals surface area contributed by atoms with E-state index in [4.69, 9.17) is 4.42 Å². The average Bonchev–Trinajstić information content (AvgIpc) is 3.43. The van der Waals surface area contributed by atoms with Crippen LogP contribution < -0.4 is 0 Å². The minimum Gasteiger partial charge on any atom is -0.421 e. The molecule has 8 nitrogen and oxygen atoms in total. The highest BCUT2D eigenvalue weighted by atomic mass is 32.2. The number of sulfonamides is 1. The van der Waals surface area contributed by atoms with Crippen LogP contribution in [-0.2, 0) is 21.2 Å². The predicted molar refractivity (Wildman–Crippen MR) is 117 cm³/mol. The predicted octanol–water partition coefficient (Wildman–Crippen LogP) is 2.88. The van der Waals surface area contributed by atoms with Gasteiger partial charge < -0.3 is 9.32 Å². The zero-order valence-electron chi connectivity index (χ0n) is 17.4. The monoisotopic (exact) mass is 460 g/mol. The summed E-state index contributed by atoms with van der Waals surface area (Å²) in [5.41, 5.74) is 2.63. The second kappa shape index (κ2) is 8.89. The van der Waals surface area contributed by atoms with Crippen molar-refractivity contribution in [1.29, 1.82) is 0 Å². The van der Waals surface area contributed by atoms with Crippen molar-refractivity contribution in [1.82, 2.24) is 19.4 Å². The highest BCUT2D eigenvalue weighted by molar-refractivity contribution is 7.89. The van der Waals surface area contributed by atoms with E-state index in [1.54, 1.807) is 35.3 Å². The molecular formula is C21H24N4O4S2. The molecule has 1 amide bonds. The third kappa shape index (κ3) is 4.70. The highest BCUT2D eigenvalue weighted by Gasteiger charge is 2.31. The number of hydrogen-bond acceptors (Lipinski definition) is 7. The molecule has 1 aliphatic heterocycles. The van der Waals surface area contributed by atoms with Crippen molar-refractivity contribution in [3.05, 3.63) is 52.0 Å². The van der Waals surface area contributed by atoms with Gasteiger partial charge >= 0.3 is 0 Å². The van der Waals surface area contributed by atoms with Gasteiger partial charge in [0.25, 0.3) is 0 Å². The van der Waals surface area contributed by atoms with Crippen LogP contribution in [0.5, 0.6) is 0 Å². The third-order valence-electron chi connectivity index (χ3n) is 5.33. The number of hydrogen-bond donors (Lipinski definition) is 0. The lowest BCUT2D eigenvalue weighted by Crippen LogP contribution is -2.50. The Balaban J connectivity index is 1.31.